The first-order valence-corrected chi connectivity index (χ1v) is 14.2. The number of nitrogen functional groups attached to an aromatic ring is 1. The van der Waals surface area contributed by atoms with E-state index >= 15 is 0 Å². The van der Waals surface area contributed by atoms with Gasteiger partial charge < -0.3 is 5.73 Å². The number of anilines is 1. The molecule has 14 nitrogen and oxygen atoms in total. The van der Waals surface area contributed by atoms with Crippen LogP contribution in [0, 0.1) is 0 Å². The van der Waals surface area contributed by atoms with Crippen molar-refractivity contribution in [2.45, 2.75) is 9.79 Å². The van der Waals surface area contributed by atoms with Crippen molar-refractivity contribution in [3.05, 3.63) is 78.9 Å². The van der Waals surface area contributed by atoms with Crippen LogP contribution in [-0.2, 0) is 30.8 Å². The molecule has 4 aromatic carbocycles. The second-order valence-electron chi connectivity index (χ2n) is 7.39. The van der Waals surface area contributed by atoms with Crippen LogP contribution >= 0.6 is 0 Å². The predicted molar refractivity (Wildman–Crippen MR) is 139 cm³/mol. The number of rotatable bonds is 6. The van der Waals surface area contributed by atoms with Crippen molar-refractivity contribution < 1.29 is 38.6 Å². The van der Waals surface area contributed by atoms with E-state index in [-0.39, 0.29) is 33.5 Å². The van der Waals surface area contributed by atoms with Crippen LogP contribution in [-0.4, -0.2) is 38.6 Å². The fraction of sp³-hybridized carbons (Fsp3) is 0. The molecule has 0 unspecified atom stereocenters. The minimum atomic E-state index is -4.71. The molecule has 0 fully saturated rings. The topological polar surface area (TPSA) is 235 Å². The Morgan fingerprint density at radius 3 is 1.79 bits per heavy atom. The van der Waals surface area contributed by atoms with Crippen LogP contribution in [0.4, 0.5) is 28.4 Å². The molecule has 0 aliphatic heterocycles. The standard InChI is InChI=1S/C22H17N5O6S2.O3S/c23-17-10-12-18(16-7-4-8-20(22(16)17)34(28,29)30)26-27-19-11-9-15(13-21(19)35(31,32)33)25-24-14-5-2-1-3-6-14;1-4(2)3/h1-13H,23H2,(H,28,29,30)(H,31,32,33);. The number of nitrogens with two attached hydrogens (primary N) is 1. The zero-order valence-corrected chi connectivity index (χ0v) is 21.8. The van der Waals surface area contributed by atoms with E-state index in [2.05, 4.69) is 20.5 Å². The number of fused-ring (bicyclic) bond motifs is 1. The van der Waals surface area contributed by atoms with Gasteiger partial charge in [0.25, 0.3) is 20.2 Å². The lowest BCUT2D eigenvalue weighted by Crippen LogP contribution is -2.01. The first-order chi connectivity index (χ1) is 18.3. The molecule has 4 N–H and O–H groups in total. The minimum Gasteiger partial charge on any atom is -0.398 e. The molecule has 39 heavy (non-hydrogen) atoms. The first-order valence-electron chi connectivity index (χ1n) is 10.3. The van der Waals surface area contributed by atoms with Crippen LogP contribution in [0.25, 0.3) is 10.8 Å². The Morgan fingerprint density at radius 1 is 0.615 bits per heavy atom. The highest BCUT2D eigenvalue weighted by Crippen LogP contribution is 2.37. The first kappa shape index (κ1) is 29.1. The molecule has 0 saturated heterocycles. The quantitative estimate of drug-likeness (QED) is 0.158. The number of hydrogen-bond donors (Lipinski definition) is 3. The van der Waals surface area contributed by atoms with Gasteiger partial charge in [0.2, 0.25) is 0 Å². The van der Waals surface area contributed by atoms with Crippen LogP contribution < -0.4 is 5.73 Å². The van der Waals surface area contributed by atoms with Crippen LogP contribution in [0.2, 0.25) is 0 Å². The van der Waals surface area contributed by atoms with Crippen molar-refractivity contribution >= 4 is 70.1 Å². The van der Waals surface area contributed by atoms with E-state index in [1.54, 1.807) is 24.3 Å². The van der Waals surface area contributed by atoms with Crippen LogP contribution in [0.1, 0.15) is 0 Å². The Labute approximate surface area is 223 Å². The maximum absolute atomic E-state index is 12.0. The van der Waals surface area contributed by atoms with Crippen LogP contribution in [0.5, 0.6) is 0 Å². The summed E-state index contributed by atoms with van der Waals surface area (Å²) in [5.41, 5.74) is 6.65. The summed E-state index contributed by atoms with van der Waals surface area (Å²) in [4.78, 5) is -0.958. The summed E-state index contributed by atoms with van der Waals surface area (Å²) in [5.74, 6) is 0. The van der Waals surface area contributed by atoms with Crippen molar-refractivity contribution in [3.63, 3.8) is 0 Å². The maximum atomic E-state index is 12.0. The lowest BCUT2D eigenvalue weighted by Gasteiger charge is -2.09. The van der Waals surface area contributed by atoms with Gasteiger partial charge in [-0.05, 0) is 48.5 Å². The molecule has 0 spiro atoms. The molecule has 202 valence electrons. The summed E-state index contributed by atoms with van der Waals surface area (Å²) in [6.45, 7) is 0. The summed E-state index contributed by atoms with van der Waals surface area (Å²) in [5, 5.41) is 16.2. The zero-order valence-electron chi connectivity index (χ0n) is 19.3. The Kier molecular flexibility index (Phi) is 8.94. The fourth-order valence-electron chi connectivity index (χ4n) is 3.26. The highest BCUT2D eigenvalue weighted by Gasteiger charge is 2.19. The number of azo groups is 2. The van der Waals surface area contributed by atoms with Gasteiger partial charge in [0.05, 0.1) is 17.1 Å². The predicted octanol–water partition coefficient (Wildman–Crippen LogP) is 4.74. The number of benzene rings is 4. The van der Waals surface area contributed by atoms with E-state index in [9.17, 15) is 25.9 Å². The summed E-state index contributed by atoms with van der Waals surface area (Å²) in [7, 11) is -12.4. The second kappa shape index (κ2) is 12.0. The van der Waals surface area contributed by atoms with E-state index in [4.69, 9.17) is 18.4 Å². The van der Waals surface area contributed by atoms with Crippen LogP contribution in [0.3, 0.4) is 0 Å². The van der Waals surface area contributed by atoms with E-state index in [1.807, 2.05) is 6.07 Å². The van der Waals surface area contributed by atoms with Gasteiger partial charge in [-0.25, -0.2) is 0 Å². The van der Waals surface area contributed by atoms with Gasteiger partial charge in [-0.2, -0.15) is 27.1 Å². The van der Waals surface area contributed by atoms with Gasteiger partial charge in [-0.1, -0.05) is 30.3 Å². The van der Waals surface area contributed by atoms with Gasteiger partial charge in [0, 0.05) is 16.5 Å². The van der Waals surface area contributed by atoms with Gasteiger partial charge in [0.15, 0.2) is 0 Å². The third-order valence-electron chi connectivity index (χ3n) is 4.81. The van der Waals surface area contributed by atoms with Crippen molar-refractivity contribution in [2.24, 2.45) is 20.5 Å². The van der Waals surface area contributed by atoms with E-state index in [0.717, 1.165) is 6.07 Å². The Balaban J connectivity index is 0.000000983. The molecule has 0 atom stereocenters. The molecule has 4 aromatic rings. The van der Waals surface area contributed by atoms with Gasteiger partial charge in [0.1, 0.15) is 15.5 Å². The Bertz CT molecular complexity index is 1920. The largest absolute Gasteiger partial charge is 0.425 e. The zero-order chi connectivity index (χ0) is 28.8. The number of nitrogens with zero attached hydrogens (tertiary/aromatic N) is 4. The molecule has 0 radical (unpaired) electrons. The molecule has 0 aliphatic rings. The molecule has 17 heteroatoms. The molecule has 0 heterocycles. The van der Waals surface area contributed by atoms with E-state index in [1.165, 1.54) is 42.5 Å². The van der Waals surface area contributed by atoms with Crippen molar-refractivity contribution in [2.75, 3.05) is 5.73 Å². The Morgan fingerprint density at radius 2 is 1.18 bits per heavy atom. The van der Waals surface area contributed by atoms with Crippen LogP contribution in [0.15, 0.2) is 109 Å². The third-order valence-corrected chi connectivity index (χ3v) is 6.59. The highest BCUT2D eigenvalue weighted by atomic mass is 32.2. The van der Waals surface area contributed by atoms with Crippen molar-refractivity contribution in [1.82, 2.24) is 0 Å². The van der Waals surface area contributed by atoms with E-state index in [0.29, 0.717) is 5.69 Å². The third kappa shape index (κ3) is 7.79. The van der Waals surface area contributed by atoms with Gasteiger partial charge in [-0.15, -0.1) is 22.9 Å². The second-order valence-corrected chi connectivity index (χ2v) is 10.6. The van der Waals surface area contributed by atoms with Gasteiger partial charge >= 0.3 is 10.6 Å². The van der Waals surface area contributed by atoms with Crippen molar-refractivity contribution in [3.8, 4) is 0 Å². The fourth-order valence-corrected chi connectivity index (χ4v) is 4.64. The highest BCUT2D eigenvalue weighted by molar-refractivity contribution is 7.86. The molecule has 0 amide bonds. The monoisotopic (exact) mass is 591 g/mol. The normalized spacial score (nSPS) is 11.9. The average Bonchev–Trinajstić information content (AvgIpc) is 2.86. The summed E-state index contributed by atoms with van der Waals surface area (Å²) >= 11 is 0. The summed E-state index contributed by atoms with van der Waals surface area (Å²) < 4.78 is 92.0. The maximum Gasteiger partial charge on any atom is 0.425 e. The number of hydrogen-bond acceptors (Lipinski definition) is 12. The Hall–Kier alpha value is -4.42. The lowest BCUT2D eigenvalue weighted by atomic mass is 10.1. The van der Waals surface area contributed by atoms with Crippen molar-refractivity contribution in [1.29, 1.82) is 0 Å². The molecule has 0 saturated carbocycles. The van der Waals surface area contributed by atoms with E-state index < -0.39 is 40.6 Å². The molecular weight excluding hydrogens is 574 g/mol. The SMILES string of the molecule is Nc1ccc(N=Nc2ccc(N=Nc3ccccc3)cc2S(=O)(=O)O)c2cccc(S(=O)(=O)O)c12.O=S(=O)=O. The summed E-state index contributed by atoms with van der Waals surface area (Å²) in [6.07, 6.45) is 0. The van der Waals surface area contributed by atoms with Gasteiger partial charge in [-0.3, -0.25) is 9.11 Å². The molecular formula is C22H17N5O9S3. The smallest absolute Gasteiger partial charge is 0.398 e. The molecule has 0 bridgehead atoms. The minimum absolute atomic E-state index is 0.0399. The lowest BCUT2D eigenvalue weighted by molar-refractivity contribution is 0.481. The molecule has 0 aliphatic carbocycles. The summed E-state index contributed by atoms with van der Waals surface area (Å²) in [6, 6.07) is 19.5. The molecule has 0 aromatic heterocycles. The molecule has 4 rings (SSSR count). The average molecular weight is 592 g/mol.